The van der Waals surface area contributed by atoms with Crippen molar-refractivity contribution in [3.63, 3.8) is 0 Å². The maximum atomic E-state index is 12.6. The summed E-state index contributed by atoms with van der Waals surface area (Å²) < 4.78 is 0. The Bertz CT molecular complexity index is 444. The van der Waals surface area contributed by atoms with E-state index in [1.165, 1.54) is 12.0 Å². The van der Waals surface area contributed by atoms with E-state index in [-0.39, 0.29) is 5.91 Å². The molecule has 1 unspecified atom stereocenters. The van der Waals surface area contributed by atoms with Crippen molar-refractivity contribution < 1.29 is 4.79 Å². The van der Waals surface area contributed by atoms with E-state index in [4.69, 9.17) is 0 Å². The van der Waals surface area contributed by atoms with Crippen molar-refractivity contribution in [1.82, 2.24) is 9.80 Å². The lowest BCUT2D eigenvalue weighted by Gasteiger charge is -2.36. The van der Waals surface area contributed by atoms with Gasteiger partial charge in [-0.25, -0.2) is 0 Å². The Hall–Kier alpha value is -1.35. The highest BCUT2D eigenvalue weighted by Crippen LogP contribution is 2.17. The predicted molar refractivity (Wildman–Crippen MR) is 87.0 cm³/mol. The number of likely N-dealkylation sites (tertiary alicyclic amines) is 1. The highest BCUT2D eigenvalue weighted by Gasteiger charge is 2.25. The van der Waals surface area contributed by atoms with Gasteiger partial charge < -0.3 is 4.90 Å². The molecule has 0 saturated carbocycles. The zero-order valence-corrected chi connectivity index (χ0v) is 13.6. The van der Waals surface area contributed by atoms with Crippen LogP contribution >= 0.6 is 0 Å². The number of carbonyl (C=O) groups excluding carboxylic acids is 1. The summed E-state index contributed by atoms with van der Waals surface area (Å²) >= 11 is 0. The smallest absolute Gasteiger partial charge is 0.237 e. The minimum Gasteiger partial charge on any atom is -0.339 e. The van der Waals surface area contributed by atoms with Gasteiger partial charge in [-0.3, -0.25) is 9.69 Å². The largest absolute Gasteiger partial charge is 0.339 e. The van der Waals surface area contributed by atoms with Crippen molar-refractivity contribution in [2.45, 2.75) is 58.7 Å². The van der Waals surface area contributed by atoms with E-state index in [0.29, 0.717) is 18.6 Å². The van der Waals surface area contributed by atoms with Crippen LogP contribution in [-0.2, 0) is 11.3 Å². The molecule has 0 bridgehead atoms. The van der Waals surface area contributed by atoms with Gasteiger partial charge in [0.1, 0.15) is 0 Å². The normalized spacial score (nSPS) is 19.3. The molecule has 1 aromatic carbocycles. The third-order valence-electron chi connectivity index (χ3n) is 4.42. The number of hydrogen-bond donors (Lipinski definition) is 0. The number of carbonyl (C=O) groups is 1. The highest BCUT2D eigenvalue weighted by molar-refractivity contribution is 5.78. The Balaban J connectivity index is 1.97. The molecule has 0 aliphatic carbocycles. The number of nitrogens with zero attached hydrogens (tertiary/aromatic N) is 2. The Morgan fingerprint density at radius 3 is 2.62 bits per heavy atom. The fraction of sp³-hybridized carbons (Fsp3) is 0.611. The van der Waals surface area contributed by atoms with E-state index >= 15 is 0 Å². The van der Waals surface area contributed by atoms with Crippen LogP contribution in [0, 0.1) is 0 Å². The molecule has 1 atom stereocenters. The Kier molecular flexibility index (Phi) is 5.80. The molecule has 1 heterocycles. The van der Waals surface area contributed by atoms with Crippen LogP contribution in [-0.4, -0.2) is 40.9 Å². The Morgan fingerprint density at radius 1 is 1.29 bits per heavy atom. The SMILES string of the molecule is CC(C)N(CC(=O)N1CCCCC1C)Cc1ccccc1. The summed E-state index contributed by atoms with van der Waals surface area (Å²) in [6.45, 7) is 8.79. The molecule has 1 aliphatic rings. The van der Waals surface area contributed by atoms with E-state index in [1.807, 2.05) is 6.07 Å². The molecule has 3 nitrogen and oxygen atoms in total. The van der Waals surface area contributed by atoms with Crippen molar-refractivity contribution >= 4 is 5.91 Å². The van der Waals surface area contributed by atoms with Crippen LogP contribution < -0.4 is 0 Å². The zero-order valence-electron chi connectivity index (χ0n) is 13.6. The summed E-state index contributed by atoms with van der Waals surface area (Å²) in [5.41, 5.74) is 1.27. The minimum atomic E-state index is 0.284. The fourth-order valence-corrected chi connectivity index (χ4v) is 2.97. The van der Waals surface area contributed by atoms with Gasteiger partial charge in [0.15, 0.2) is 0 Å². The summed E-state index contributed by atoms with van der Waals surface area (Å²) in [6.07, 6.45) is 3.55. The molecule has 1 amide bonds. The van der Waals surface area contributed by atoms with Crippen molar-refractivity contribution in [2.75, 3.05) is 13.1 Å². The van der Waals surface area contributed by atoms with Crippen molar-refractivity contribution in [3.8, 4) is 0 Å². The molecule has 1 aliphatic heterocycles. The van der Waals surface area contributed by atoms with Gasteiger partial charge in [0.2, 0.25) is 5.91 Å². The molecular formula is C18H28N2O. The molecular weight excluding hydrogens is 260 g/mol. The van der Waals surface area contributed by atoms with E-state index in [2.05, 4.69) is 54.8 Å². The number of benzene rings is 1. The topological polar surface area (TPSA) is 23.6 Å². The third kappa shape index (κ3) is 4.57. The number of rotatable bonds is 5. The summed E-state index contributed by atoms with van der Waals surface area (Å²) in [5.74, 6) is 0.284. The van der Waals surface area contributed by atoms with E-state index < -0.39 is 0 Å². The van der Waals surface area contributed by atoms with Gasteiger partial charge in [0.25, 0.3) is 0 Å². The predicted octanol–water partition coefficient (Wildman–Crippen LogP) is 3.30. The molecule has 0 N–H and O–H groups in total. The molecule has 1 aromatic rings. The van der Waals surface area contributed by atoms with Crippen LogP contribution in [0.25, 0.3) is 0 Å². The molecule has 0 aromatic heterocycles. The first kappa shape index (κ1) is 16.0. The Labute approximate surface area is 128 Å². The van der Waals surface area contributed by atoms with E-state index in [0.717, 1.165) is 25.9 Å². The van der Waals surface area contributed by atoms with Crippen LogP contribution in [0.2, 0.25) is 0 Å². The fourth-order valence-electron chi connectivity index (χ4n) is 2.97. The monoisotopic (exact) mass is 288 g/mol. The first-order valence-electron chi connectivity index (χ1n) is 8.15. The quantitative estimate of drug-likeness (QED) is 0.830. The van der Waals surface area contributed by atoms with Gasteiger partial charge in [-0.1, -0.05) is 30.3 Å². The van der Waals surface area contributed by atoms with Crippen LogP contribution in [0.4, 0.5) is 0 Å². The number of hydrogen-bond acceptors (Lipinski definition) is 2. The van der Waals surface area contributed by atoms with Crippen molar-refractivity contribution in [1.29, 1.82) is 0 Å². The first-order chi connectivity index (χ1) is 10.1. The summed E-state index contributed by atoms with van der Waals surface area (Å²) in [7, 11) is 0. The molecule has 21 heavy (non-hydrogen) atoms. The average molecular weight is 288 g/mol. The van der Waals surface area contributed by atoms with Crippen LogP contribution in [0.1, 0.15) is 45.6 Å². The second-order valence-electron chi connectivity index (χ2n) is 6.42. The van der Waals surface area contributed by atoms with Gasteiger partial charge in [0.05, 0.1) is 6.54 Å². The molecule has 0 radical (unpaired) electrons. The lowest BCUT2D eigenvalue weighted by Crippen LogP contribution is -2.48. The second-order valence-corrected chi connectivity index (χ2v) is 6.42. The lowest BCUT2D eigenvalue weighted by atomic mass is 10.0. The maximum Gasteiger partial charge on any atom is 0.237 e. The molecule has 1 fully saturated rings. The first-order valence-corrected chi connectivity index (χ1v) is 8.15. The highest BCUT2D eigenvalue weighted by atomic mass is 16.2. The molecule has 0 spiro atoms. The average Bonchev–Trinajstić information content (AvgIpc) is 2.48. The second kappa shape index (κ2) is 7.60. The van der Waals surface area contributed by atoms with E-state index in [1.54, 1.807) is 0 Å². The van der Waals surface area contributed by atoms with Crippen LogP contribution in [0.15, 0.2) is 30.3 Å². The van der Waals surface area contributed by atoms with Gasteiger partial charge in [-0.05, 0) is 45.6 Å². The molecule has 116 valence electrons. The van der Waals surface area contributed by atoms with Gasteiger partial charge in [-0.15, -0.1) is 0 Å². The van der Waals surface area contributed by atoms with Crippen molar-refractivity contribution in [2.24, 2.45) is 0 Å². The van der Waals surface area contributed by atoms with Crippen molar-refractivity contribution in [3.05, 3.63) is 35.9 Å². The van der Waals surface area contributed by atoms with E-state index in [9.17, 15) is 4.79 Å². The Morgan fingerprint density at radius 2 is 2.00 bits per heavy atom. The maximum absolute atomic E-state index is 12.6. The molecule has 3 heteroatoms. The standard InChI is InChI=1S/C18H28N2O/c1-15(2)19(13-17-10-5-4-6-11-17)14-18(21)20-12-8-7-9-16(20)3/h4-6,10-11,15-16H,7-9,12-14H2,1-3H3. The van der Waals surface area contributed by atoms with Gasteiger partial charge in [-0.2, -0.15) is 0 Å². The minimum absolute atomic E-state index is 0.284. The summed E-state index contributed by atoms with van der Waals surface area (Å²) in [4.78, 5) is 16.9. The van der Waals surface area contributed by atoms with Crippen LogP contribution in [0.5, 0.6) is 0 Å². The summed E-state index contributed by atoms with van der Waals surface area (Å²) in [6, 6.07) is 11.2. The van der Waals surface area contributed by atoms with Gasteiger partial charge >= 0.3 is 0 Å². The molecule has 2 rings (SSSR count). The number of amides is 1. The van der Waals surface area contributed by atoms with Gasteiger partial charge in [0, 0.05) is 25.2 Å². The number of piperidine rings is 1. The third-order valence-corrected chi connectivity index (χ3v) is 4.42. The zero-order chi connectivity index (χ0) is 15.2. The molecule has 1 saturated heterocycles. The summed E-state index contributed by atoms with van der Waals surface area (Å²) in [5, 5.41) is 0. The lowest BCUT2D eigenvalue weighted by molar-refractivity contribution is -0.136. The van der Waals surface area contributed by atoms with Crippen LogP contribution in [0.3, 0.4) is 0 Å².